The molecule has 0 radical (unpaired) electrons. The van der Waals surface area contributed by atoms with Crippen LogP contribution in [0.2, 0.25) is 0 Å². The van der Waals surface area contributed by atoms with Crippen LogP contribution < -0.4 is 4.90 Å². The first kappa shape index (κ1) is 18.6. The molecule has 6 nitrogen and oxygen atoms in total. The fourth-order valence-corrected chi connectivity index (χ4v) is 4.10. The molecule has 0 saturated heterocycles. The molecule has 1 atom stereocenters. The average molecular weight is 374 g/mol. The molecule has 1 aliphatic heterocycles. The lowest BCUT2D eigenvalue weighted by atomic mass is 9.91. The molecule has 0 spiro atoms. The van der Waals surface area contributed by atoms with E-state index in [1.807, 2.05) is 18.2 Å². The van der Waals surface area contributed by atoms with Gasteiger partial charge in [0.05, 0.1) is 12.0 Å². The number of para-hydroxylation sites is 1. The van der Waals surface area contributed by atoms with Crippen LogP contribution in [-0.2, 0) is 14.9 Å². The standard InChI is InChI=1S/C19H22N2O4S/c1-14-12-13-21(18-7-5-4-6-17(14)18)19(22)15-8-10-16(11-9-15)26(23,24)20(2)25-3/h4-11,14H,12-13H2,1-3H3. The minimum atomic E-state index is -3.73. The summed E-state index contributed by atoms with van der Waals surface area (Å²) >= 11 is 0. The van der Waals surface area contributed by atoms with E-state index in [2.05, 4.69) is 13.0 Å². The first-order valence-electron chi connectivity index (χ1n) is 8.40. The van der Waals surface area contributed by atoms with Crippen molar-refractivity contribution in [1.29, 1.82) is 0 Å². The molecule has 0 aromatic heterocycles. The number of sulfonamides is 1. The Morgan fingerprint density at radius 2 is 1.81 bits per heavy atom. The molecule has 1 unspecified atom stereocenters. The molecule has 3 rings (SSSR count). The van der Waals surface area contributed by atoms with Crippen molar-refractivity contribution >= 4 is 21.6 Å². The van der Waals surface area contributed by atoms with E-state index in [-0.39, 0.29) is 10.8 Å². The first-order chi connectivity index (χ1) is 12.4. The van der Waals surface area contributed by atoms with E-state index in [4.69, 9.17) is 4.84 Å². The maximum atomic E-state index is 13.0. The van der Waals surface area contributed by atoms with Crippen LogP contribution in [0.25, 0.3) is 0 Å². The Balaban J connectivity index is 1.89. The Kier molecular flexibility index (Phi) is 5.13. The summed E-state index contributed by atoms with van der Waals surface area (Å²) in [6.45, 7) is 2.80. The number of hydroxylamine groups is 1. The predicted molar refractivity (Wildman–Crippen MR) is 99.6 cm³/mol. The second-order valence-corrected chi connectivity index (χ2v) is 8.26. The molecular formula is C19H22N2O4S. The number of nitrogens with zero attached hydrogens (tertiary/aromatic N) is 2. The number of fused-ring (bicyclic) bond motifs is 1. The van der Waals surface area contributed by atoms with Crippen molar-refractivity contribution in [2.45, 2.75) is 24.2 Å². The summed E-state index contributed by atoms with van der Waals surface area (Å²) in [5.74, 6) is 0.278. The molecule has 26 heavy (non-hydrogen) atoms. The molecule has 2 aromatic rings. The van der Waals surface area contributed by atoms with Gasteiger partial charge in [-0.15, -0.1) is 0 Å². The number of anilines is 1. The van der Waals surface area contributed by atoms with Gasteiger partial charge < -0.3 is 4.90 Å². The molecule has 0 aliphatic carbocycles. The van der Waals surface area contributed by atoms with Crippen LogP contribution in [0.15, 0.2) is 53.4 Å². The quantitative estimate of drug-likeness (QED) is 0.772. The second kappa shape index (κ2) is 7.19. The maximum Gasteiger partial charge on any atom is 0.264 e. The molecule has 0 N–H and O–H groups in total. The fraction of sp³-hybridized carbons (Fsp3) is 0.316. The number of carbonyl (C=O) groups is 1. The van der Waals surface area contributed by atoms with E-state index >= 15 is 0 Å². The molecule has 1 amide bonds. The van der Waals surface area contributed by atoms with Crippen LogP contribution >= 0.6 is 0 Å². The number of rotatable bonds is 4. The van der Waals surface area contributed by atoms with Crippen molar-refractivity contribution in [3.63, 3.8) is 0 Å². The normalized spacial score (nSPS) is 17.2. The van der Waals surface area contributed by atoms with Gasteiger partial charge >= 0.3 is 0 Å². The van der Waals surface area contributed by atoms with Crippen LogP contribution in [-0.4, -0.2) is 39.5 Å². The van der Waals surface area contributed by atoms with Crippen molar-refractivity contribution in [2.24, 2.45) is 0 Å². The topological polar surface area (TPSA) is 66.9 Å². The third-order valence-corrected chi connectivity index (χ3v) is 6.48. The zero-order valence-electron chi connectivity index (χ0n) is 15.0. The molecule has 138 valence electrons. The molecule has 0 fully saturated rings. The maximum absolute atomic E-state index is 13.0. The molecule has 7 heteroatoms. The van der Waals surface area contributed by atoms with E-state index in [1.165, 1.54) is 26.3 Å². The van der Waals surface area contributed by atoms with Crippen molar-refractivity contribution in [3.05, 3.63) is 59.7 Å². The lowest BCUT2D eigenvalue weighted by Gasteiger charge is -2.33. The zero-order valence-corrected chi connectivity index (χ0v) is 15.9. The molecule has 1 heterocycles. The Bertz CT molecular complexity index is 909. The van der Waals surface area contributed by atoms with Crippen molar-refractivity contribution in [1.82, 2.24) is 4.47 Å². The van der Waals surface area contributed by atoms with E-state index in [0.29, 0.717) is 18.0 Å². The Morgan fingerprint density at radius 1 is 1.15 bits per heavy atom. The van der Waals surface area contributed by atoms with Crippen molar-refractivity contribution in [3.8, 4) is 0 Å². The van der Waals surface area contributed by atoms with E-state index < -0.39 is 10.0 Å². The Morgan fingerprint density at radius 3 is 2.46 bits per heavy atom. The van der Waals surface area contributed by atoms with Gasteiger partial charge in [-0.2, -0.15) is 0 Å². The lowest BCUT2D eigenvalue weighted by molar-refractivity contribution is -0.0258. The molecule has 0 saturated carbocycles. The van der Waals surface area contributed by atoms with Crippen LogP contribution in [0, 0.1) is 0 Å². The largest absolute Gasteiger partial charge is 0.308 e. The van der Waals surface area contributed by atoms with Gasteiger partial charge in [-0.05, 0) is 48.2 Å². The third-order valence-electron chi connectivity index (χ3n) is 4.78. The smallest absolute Gasteiger partial charge is 0.264 e. The van der Waals surface area contributed by atoms with Crippen molar-refractivity contribution in [2.75, 3.05) is 25.6 Å². The second-order valence-electron chi connectivity index (χ2n) is 6.33. The number of hydrogen-bond donors (Lipinski definition) is 0. The molecule has 0 bridgehead atoms. The highest BCUT2D eigenvalue weighted by Gasteiger charge is 2.27. The minimum Gasteiger partial charge on any atom is -0.308 e. The van der Waals surface area contributed by atoms with Crippen LogP contribution in [0.1, 0.15) is 35.2 Å². The van der Waals surface area contributed by atoms with Gasteiger partial charge in [0, 0.05) is 24.8 Å². The van der Waals surface area contributed by atoms with E-state index in [0.717, 1.165) is 22.1 Å². The van der Waals surface area contributed by atoms with Crippen LogP contribution in [0.3, 0.4) is 0 Å². The summed E-state index contributed by atoms with van der Waals surface area (Å²) in [6.07, 6.45) is 0.897. The van der Waals surface area contributed by atoms with Crippen LogP contribution in [0.5, 0.6) is 0 Å². The molecular weight excluding hydrogens is 352 g/mol. The summed E-state index contributed by atoms with van der Waals surface area (Å²) < 4.78 is 25.3. The average Bonchev–Trinajstić information content (AvgIpc) is 2.67. The van der Waals surface area contributed by atoms with Gasteiger partial charge in [-0.25, -0.2) is 8.42 Å². The molecule has 1 aliphatic rings. The highest BCUT2D eigenvalue weighted by atomic mass is 32.2. The van der Waals surface area contributed by atoms with Gasteiger partial charge in [-0.3, -0.25) is 9.63 Å². The summed E-state index contributed by atoms with van der Waals surface area (Å²) in [6, 6.07) is 13.8. The number of amides is 1. The molecule has 2 aromatic carbocycles. The summed E-state index contributed by atoms with van der Waals surface area (Å²) in [5.41, 5.74) is 2.54. The number of carbonyl (C=O) groups excluding carboxylic acids is 1. The highest BCUT2D eigenvalue weighted by Crippen LogP contribution is 2.35. The van der Waals surface area contributed by atoms with Crippen LogP contribution in [0.4, 0.5) is 5.69 Å². The van der Waals surface area contributed by atoms with Gasteiger partial charge in [0.1, 0.15) is 0 Å². The van der Waals surface area contributed by atoms with Crippen molar-refractivity contribution < 1.29 is 18.0 Å². The van der Waals surface area contributed by atoms with Gasteiger partial charge in [0.2, 0.25) is 0 Å². The van der Waals surface area contributed by atoms with E-state index in [9.17, 15) is 13.2 Å². The van der Waals surface area contributed by atoms with Gasteiger partial charge in [0.25, 0.3) is 15.9 Å². The summed E-state index contributed by atoms with van der Waals surface area (Å²) in [5, 5.41) is 0. The minimum absolute atomic E-state index is 0.0751. The summed E-state index contributed by atoms with van der Waals surface area (Å²) in [7, 11) is -1.12. The fourth-order valence-electron chi connectivity index (χ4n) is 3.13. The summed E-state index contributed by atoms with van der Waals surface area (Å²) in [4.78, 5) is 19.6. The Labute approximate surface area is 154 Å². The predicted octanol–water partition coefficient (Wildman–Crippen LogP) is 3.02. The zero-order chi connectivity index (χ0) is 18.9. The number of hydrogen-bond acceptors (Lipinski definition) is 4. The highest BCUT2D eigenvalue weighted by molar-refractivity contribution is 7.89. The Hall–Kier alpha value is -2.22. The number of benzene rings is 2. The van der Waals surface area contributed by atoms with E-state index in [1.54, 1.807) is 17.0 Å². The SMILES string of the molecule is CON(C)S(=O)(=O)c1ccc(C(=O)N2CCC(C)c3ccccc32)cc1. The van der Waals surface area contributed by atoms with Gasteiger partial charge in [-0.1, -0.05) is 29.6 Å². The third kappa shape index (κ3) is 3.25. The monoisotopic (exact) mass is 374 g/mol. The first-order valence-corrected chi connectivity index (χ1v) is 9.84. The lowest BCUT2D eigenvalue weighted by Crippen LogP contribution is -2.36. The van der Waals surface area contributed by atoms with Gasteiger partial charge in [0.15, 0.2) is 0 Å².